The van der Waals surface area contributed by atoms with Crippen LogP contribution in [0.3, 0.4) is 0 Å². The number of likely N-dealkylation sites (tertiary alicyclic amines) is 1. The van der Waals surface area contributed by atoms with Crippen LogP contribution < -0.4 is 5.73 Å². The standard InChI is InChI=1S/C9H12Cl2N4/c10-8-6(3-13-9(11)14-8)4-15-2-1-7(12)5-15/h3,7H,1-2,4-5,12H2. The molecule has 1 unspecified atom stereocenters. The van der Waals surface area contributed by atoms with Crippen molar-refractivity contribution in [3.63, 3.8) is 0 Å². The van der Waals surface area contributed by atoms with Gasteiger partial charge in [-0.05, 0) is 18.0 Å². The molecule has 0 radical (unpaired) electrons. The number of nitrogens with zero attached hydrogens (tertiary/aromatic N) is 3. The number of hydrogen-bond acceptors (Lipinski definition) is 4. The number of halogens is 2. The van der Waals surface area contributed by atoms with E-state index in [9.17, 15) is 0 Å². The van der Waals surface area contributed by atoms with Gasteiger partial charge in [-0.25, -0.2) is 9.97 Å². The van der Waals surface area contributed by atoms with Crippen molar-refractivity contribution < 1.29 is 0 Å². The van der Waals surface area contributed by atoms with Crippen LogP contribution in [0.4, 0.5) is 0 Å². The van der Waals surface area contributed by atoms with Crippen molar-refractivity contribution in [3.05, 3.63) is 22.2 Å². The highest BCUT2D eigenvalue weighted by Crippen LogP contribution is 2.18. The highest BCUT2D eigenvalue weighted by Gasteiger charge is 2.20. The van der Waals surface area contributed by atoms with Gasteiger partial charge in [0.25, 0.3) is 0 Å². The molecule has 1 fully saturated rings. The van der Waals surface area contributed by atoms with Crippen molar-refractivity contribution in [2.75, 3.05) is 13.1 Å². The molecule has 0 bridgehead atoms. The average Bonchev–Trinajstić information content (AvgIpc) is 2.56. The van der Waals surface area contributed by atoms with Gasteiger partial charge in [-0.3, -0.25) is 4.90 Å². The van der Waals surface area contributed by atoms with Crippen LogP contribution in [0.15, 0.2) is 6.20 Å². The van der Waals surface area contributed by atoms with Gasteiger partial charge >= 0.3 is 0 Å². The zero-order valence-electron chi connectivity index (χ0n) is 8.16. The quantitative estimate of drug-likeness (QED) is 0.632. The molecule has 15 heavy (non-hydrogen) atoms. The predicted octanol–water partition coefficient (Wildman–Crippen LogP) is 1.32. The zero-order chi connectivity index (χ0) is 10.8. The molecule has 2 N–H and O–H groups in total. The van der Waals surface area contributed by atoms with Crippen molar-refractivity contribution in [1.82, 2.24) is 14.9 Å². The molecule has 1 saturated heterocycles. The van der Waals surface area contributed by atoms with Gasteiger partial charge < -0.3 is 5.73 Å². The van der Waals surface area contributed by atoms with E-state index < -0.39 is 0 Å². The van der Waals surface area contributed by atoms with E-state index in [-0.39, 0.29) is 11.3 Å². The maximum Gasteiger partial charge on any atom is 0.223 e. The summed E-state index contributed by atoms with van der Waals surface area (Å²) in [5.74, 6) is 0. The summed E-state index contributed by atoms with van der Waals surface area (Å²) in [4.78, 5) is 10.0. The van der Waals surface area contributed by atoms with Gasteiger partial charge in [0.05, 0.1) is 0 Å². The van der Waals surface area contributed by atoms with E-state index in [4.69, 9.17) is 28.9 Å². The van der Waals surface area contributed by atoms with Crippen molar-refractivity contribution in [2.24, 2.45) is 5.73 Å². The zero-order valence-corrected chi connectivity index (χ0v) is 9.67. The Bertz CT molecular complexity index is 358. The Morgan fingerprint density at radius 2 is 2.33 bits per heavy atom. The third-order valence-corrected chi connectivity index (χ3v) is 2.99. The fraction of sp³-hybridized carbons (Fsp3) is 0.556. The number of aromatic nitrogens is 2. The summed E-state index contributed by atoms with van der Waals surface area (Å²) in [7, 11) is 0. The Balaban J connectivity index is 2.04. The number of nitrogens with two attached hydrogens (primary N) is 1. The summed E-state index contributed by atoms with van der Waals surface area (Å²) >= 11 is 11.6. The Morgan fingerprint density at radius 1 is 1.53 bits per heavy atom. The Kier molecular flexibility index (Phi) is 3.41. The lowest BCUT2D eigenvalue weighted by Gasteiger charge is -2.15. The Labute approximate surface area is 98.4 Å². The fourth-order valence-electron chi connectivity index (χ4n) is 1.72. The maximum atomic E-state index is 5.95. The summed E-state index contributed by atoms with van der Waals surface area (Å²) in [5, 5.41) is 0.609. The van der Waals surface area contributed by atoms with Crippen LogP contribution in [0, 0.1) is 0 Å². The molecule has 1 aliphatic heterocycles. The molecule has 6 heteroatoms. The summed E-state index contributed by atoms with van der Waals surface area (Å²) in [6.45, 7) is 2.64. The highest BCUT2D eigenvalue weighted by molar-refractivity contribution is 6.32. The molecular formula is C9H12Cl2N4. The molecule has 1 atom stereocenters. The van der Waals surface area contributed by atoms with E-state index >= 15 is 0 Å². The first-order valence-electron chi connectivity index (χ1n) is 4.80. The molecule has 0 spiro atoms. The predicted molar refractivity (Wildman–Crippen MR) is 59.9 cm³/mol. The van der Waals surface area contributed by atoms with Crippen LogP contribution in [-0.2, 0) is 6.54 Å². The lowest BCUT2D eigenvalue weighted by molar-refractivity contribution is 0.326. The van der Waals surface area contributed by atoms with E-state index in [1.54, 1.807) is 6.20 Å². The number of hydrogen-bond donors (Lipinski definition) is 1. The summed E-state index contributed by atoms with van der Waals surface area (Å²) < 4.78 is 0. The molecule has 0 saturated carbocycles. The van der Waals surface area contributed by atoms with Gasteiger partial charge in [-0.15, -0.1) is 0 Å². The van der Waals surface area contributed by atoms with E-state index in [0.29, 0.717) is 5.15 Å². The van der Waals surface area contributed by atoms with E-state index in [2.05, 4.69) is 14.9 Å². The van der Waals surface area contributed by atoms with Crippen molar-refractivity contribution >= 4 is 23.2 Å². The van der Waals surface area contributed by atoms with Crippen LogP contribution in [0.2, 0.25) is 10.4 Å². The molecule has 0 aliphatic carbocycles. The fourth-order valence-corrected chi connectivity index (χ4v) is 2.08. The molecule has 1 aliphatic rings. The maximum absolute atomic E-state index is 5.95. The molecule has 0 amide bonds. The average molecular weight is 247 g/mol. The van der Waals surface area contributed by atoms with Crippen LogP contribution in [0.1, 0.15) is 12.0 Å². The Morgan fingerprint density at radius 3 is 2.93 bits per heavy atom. The van der Waals surface area contributed by atoms with E-state index in [1.165, 1.54) is 0 Å². The summed E-state index contributed by atoms with van der Waals surface area (Å²) in [5.41, 5.74) is 6.71. The molecule has 1 aromatic heterocycles. The lowest BCUT2D eigenvalue weighted by Crippen LogP contribution is -2.26. The second kappa shape index (κ2) is 4.61. The minimum Gasteiger partial charge on any atom is -0.326 e. The van der Waals surface area contributed by atoms with Crippen LogP contribution in [0.25, 0.3) is 0 Å². The molecule has 4 nitrogen and oxygen atoms in total. The first kappa shape index (κ1) is 11.1. The summed E-state index contributed by atoms with van der Waals surface area (Å²) in [6.07, 6.45) is 2.70. The van der Waals surface area contributed by atoms with Crippen molar-refractivity contribution in [3.8, 4) is 0 Å². The molecule has 2 heterocycles. The van der Waals surface area contributed by atoms with Gasteiger partial charge in [0.15, 0.2) is 0 Å². The first-order chi connectivity index (χ1) is 7.15. The first-order valence-corrected chi connectivity index (χ1v) is 5.55. The third kappa shape index (κ3) is 2.78. The van der Waals surface area contributed by atoms with E-state index in [1.807, 2.05) is 0 Å². The molecule has 2 rings (SSSR count). The molecular weight excluding hydrogens is 235 g/mol. The molecule has 82 valence electrons. The monoisotopic (exact) mass is 246 g/mol. The SMILES string of the molecule is NC1CCN(Cc2cnc(Cl)nc2Cl)C1. The van der Waals surface area contributed by atoms with E-state index in [0.717, 1.165) is 31.6 Å². The molecule has 1 aromatic rings. The lowest BCUT2D eigenvalue weighted by atomic mass is 10.3. The minimum atomic E-state index is 0.182. The largest absolute Gasteiger partial charge is 0.326 e. The third-order valence-electron chi connectivity index (χ3n) is 2.49. The van der Waals surface area contributed by atoms with Crippen molar-refractivity contribution in [2.45, 2.75) is 19.0 Å². The van der Waals surface area contributed by atoms with Gasteiger partial charge in [-0.1, -0.05) is 11.6 Å². The van der Waals surface area contributed by atoms with Crippen molar-refractivity contribution in [1.29, 1.82) is 0 Å². The van der Waals surface area contributed by atoms with Gasteiger partial charge in [-0.2, -0.15) is 0 Å². The smallest absolute Gasteiger partial charge is 0.223 e. The van der Waals surface area contributed by atoms with Gasteiger partial charge in [0.1, 0.15) is 5.15 Å². The van der Waals surface area contributed by atoms with Crippen LogP contribution >= 0.6 is 23.2 Å². The highest BCUT2D eigenvalue weighted by atomic mass is 35.5. The van der Waals surface area contributed by atoms with Gasteiger partial charge in [0, 0.05) is 37.4 Å². The minimum absolute atomic E-state index is 0.182. The van der Waals surface area contributed by atoms with Crippen LogP contribution in [0.5, 0.6) is 0 Å². The van der Waals surface area contributed by atoms with Gasteiger partial charge in [0.2, 0.25) is 5.28 Å². The second-order valence-corrected chi connectivity index (χ2v) is 4.44. The Hall–Kier alpha value is -0.420. The number of rotatable bonds is 2. The second-order valence-electron chi connectivity index (χ2n) is 3.74. The molecule has 0 aromatic carbocycles. The normalized spacial score (nSPS) is 22.2. The van der Waals surface area contributed by atoms with Crippen LogP contribution in [-0.4, -0.2) is 34.0 Å². The topological polar surface area (TPSA) is 55.0 Å². The summed E-state index contributed by atoms with van der Waals surface area (Å²) in [6, 6.07) is 0.275.